The topological polar surface area (TPSA) is 92.8 Å². The van der Waals surface area contributed by atoms with Gasteiger partial charge < -0.3 is 10.1 Å². The number of esters is 1. The molecule has 0 bridgehead atoms. The summed E-state index contributed by atoms with van der Waals surface area (Å²) in [7, 11) is -2.56. The second kappa shape index (κ2) is 6.99. The molecule has 1 aromatic rings. The lowest BCUT2D eigenvalue weighted by atomic mass is 10.1. The number of nitrogens with one attached hydrogen (secondary N) is 1. The molecule has 1 N–H and O–H groups in total. The Balaban J connectivity index is 3.25. The molecule has 0 aliphatic rings. The number of carbonyl (C=O) groups is 2. The quantitative estimate of drug-likeness (QED) is 0.811. The number of ether oxygens (including phenoxy) is 1. The van der Waals surface area contributed by atoms with E-state index in [1.165, 1.54) is 19.2 Å². The van der Waals surface area contributed by atoms with E-state index in [2.05, 4.69) is 10.1 Å². The standard InChI is InChI=1S/C15H22N2O5S/c1-15(2,3)16-13(18)10-17(23(5,20)21)12-9-7-6-8-11(12)14(19)22-4/h6-9H,10H2,1-5H3,(H,16,18). The van der Waals surface area contributed by atoms with Gasteiger partial charge in [-0.05, 0) is 32.9 Å². The SMILES string of the molecule is COC(=O)c1ccccc1N(CC(=O)NC(C)(C)C)S(C)(=O)=O. The van der Waals surface area contributed by atoms with Gasteiger partial charge in [0.15, 0.2) is 0 Å². The molecule has 0 aliphatic heterocycles. The molecule has 0 aliphatic carbocycles. The maximum absolute atomic E-state index is 12.1. The summed E-state index contributed by atoms with van der Waals surface area (Å²) >= 11 is 0. The van der Waals surface area contributed by atoms with E-state index in [1.807, 2.05) is 0 Å². The number of hydrogen-bond acceptors (Lipinski definition) is 5. The van der Waals surface area contributed by atoms with Gasteiger partial charge in [0.1, 0.15) is 6.54 Å². The Morgan fingerprint density at radius 3 is 2.26 bits per heavy atom. The third kappa shape index (κ3) is 5.55. The first-order chi connectivity index (χ1) is 10.5. The van der Waals surface area contributed by atoms with Gasteiger partial charge in [0.25, 0.3) is 0 Å². The largest absolute Gasteiger partial charge is 0.465 e. The van der Waals surface area contributed by atoms with E-state index in [4.69, 9.17) is 0 Å². The summed E-state index contributed by atoms with van der Waals surface area (Å²) < 4.78 is 29.7. The zero-order valence-electron chi connectivity index (χ0n) is 13.9. The smallest absolute Gasteiger partial charge is 0.340 e. The van der Waals surface area contributed by atoms with Crippen LogP contribution in [0.2, 0.25) is 0 Å². The van der Waals surface area contributed by atoms with Crippen molar-refractivity contribution < 1.29 is 22.7 Å². The Bertz CT molecular complexity index is 692. The summed E-state index contributed by atoms with van der Waals surface area (Å²) in [5, 5.41) is 2.69. The van der Waals surface area contributed by atoms with Crippen LogP contribution in [0.25, 0.3) is 0 Å². The van der Waals surface area contributed by atoms with Gasteiger partial charge in [-0.25, -0.2) is 13.2 Å². The fraction of sp³-hybridized carbons (Fsp3) is 0.467. The van der Waals surface area contributed by atoms with Crippen LogP contribution in [-0.2, 0) is 19.6 Å². The van der Waals surface area contributed by atoms with Crippen LogP contribution in [0.1, 0.15) is 31.1 Å². The van der Waals surface area contributed by atoms with Crippen LogP contribution in [-0.4, -0.2) is 45.7 Å². The predicted octanol–water partition coefficient (Wildman–Crippen LogP) is 1.15. The zero-order chi connectivity index (χ0) is 17.8. The summed E-state index contributed by atoms with van der Waals surface area (Å²) in [5.41, 5.74) is -0.322. The van der Waals surface area contributed by atoms with E-state index in [0.717, 1.165) is 10.6 Å². The molecule has 8 heteroatoms. The second-order valence-corrected chi connectivity index (χ2v) is 7.98. The van der Waals surface area contributed by atoms with E-state index in [-0.39, 0.29) is 11.3 Å². The van der Waals surface area contributed by atoms with Gasteiger partial charge in [0, 0.05) is 5.54 Å². The van der Waals surface area contributed by atoms with Gasteiger partial charge in [-0.1, -0.05) is 12.1 Å². The lowest BCUT2D eigenvalue weighted by Crippen LogP contribution is -2.47. The Morgan fingerprint density at radius 1 is 1.22 bits per heavy atom. The van der Waals surface area contributed by atoms with E-state index in [9.17, 15) is 18.0 Å². The average molecular weight is 342 g/mol. The average Bonchev–Trinajstić information content (AvgIpc) is 2.41. The van der Waals surface area contributed by atoms with Gasteiger partial charge in [0.05, 0.1) is 24.6 Å². The zero-order valence-corrected chi connectivity index (χ0v) is 14.7. The van der Waals surface area contributed by atoms with Crippen molar-refractivity contribution >= 4 is 27.6 Å². The van der Waals surface area contributed by atoms with Crippen molar-refractivity contribution in [2.24, 2.45) is 0 Å². The molecule has 1 amide bonds. The summed E-state index contributed by atoms with van der Waals surface area (Å²) in [6.45, 7) is 4.94. The molecule has 0 saturated carbocycles. The molecule has 0 atom stereocenters. The van der Waals surface area contributed by atoms with Crippen LogP contribution in [0.15, 0.2) is 24.3 Å². The Morgan fingerprint density at radius 2 is 1.78 bits per heavy atom. The Hall–Kier alpha value is -2.09. The molecule has 1 aromatic carbocycles. The molecule has 1 rings (SSSR count). The monoisotopic (exact) mass is 342 g/mol. The summed E-state index contributed by atoms with van der Waals surface area (Å²) in [4.78, 5) is 23.9. The number of rotatable bonds is 5. The Labute approximate surface area is 136 Å². The minimum Gasteiger partial charge on any atom is -0.465 e. The van der Waals surface area contributed by atoms with Crippen molar-refractivity contribution in [2.75, 3.05) is 24.2 Å². The first-order valence-electron chi connectivity index (χ1n) is 6.92. The fourth-order valence-corrected chi connectivity index (χ4v) is 2.81. The second-order valence-electron chi connectivity index (χ2n) is 6.08. The van der Waals surface area contributed by atoms with Crippen LogP contribution in [0.3, 0.4) is 0 Å². The van der Waals surface area contributed by atoms with Crippen LogP contribution in [0.5, 0.6) is 0 Å². The van der Waals surface area contributed by atoms with Crippen LogP contribution < -0.4 is 9.62 Å². The lowest BCUT2D eigenvalue weighted by Gasteiger charge is -2.26. The van der Waals surface area contributed by atoms with Crippen molar-refractivity contribution in [3.63, 3.8) is 0 Å². The van der Waals surface area contributed by atoms with Gasteiger partial charge in [-0.2, -0.15) is 0 Å². The minimum absolute atomic E-state index is 0.0731. The van der Waals surface area contributed by atoms with Crippen LogP contribution in [0.4, 0.5) is 5.69 Å². The molecule has 0 fully saturated rings. The third-order valence-corrected chi connectivity index (χ3v) is 3.91. The van der Waals surface area contributed by atoms with Crippen molar-refractivity contribution in [3.8, 4) is 0 Å². The molecule has 0 spiro atoms. The number of amides is 1. The van der Waals surface area contributed by atoms with Gasteiger partial charge in [-0.3, -0.25) is 9.10 Å². The van der Waals surface area contributed by atoms with Crippen molar-refractivity contribution in [1.29, 1.82) is 0 Å². The summed E-state index contributed by atoms with van der Waals surface area (Å²) in [6.07, 6.45) is 0.978. The normalized spacial score (nSPS) is 11.7. The molecule has 0 heterocycles. The number of sulfonamides is 1. The maximum Gasteiger partial charge on any atom is 0.340 e. The number of nitrogens with zero attached hydrogens (tertiary/aromatic N) is 1. The molecule has 0 aromatic heterocycles. The molecule has 23 heavy (non-hydrogen) atoms. The first-order valence-corrected chi connectivity index (χ1v) is 8.76. The van der Waals surface area contributed by atoms with Gasteiger partial charge >= 0.3 is 5.97 Å². The number of para-hydroxylation sites is 1. The molecular weight excluding hydrogens is 320 g/mol. The van der Waals surface area contributed by atoms with Crippen LogP contribution >= 0.6 is 0 Å². The maximum atomic E-state index is 12.1. The highest BCUT2D eigenvalue weighted by atomic mass is 32.2. The summed E-state index contributed by atoms with van der Waals surface area (Å²) in [5.74, 6) is -1.15. The molecular formula is C15H22N2O5S. The molecule has 0 radical (unpaired) electrons. The molecule has 128 valence electrons. The predicted molar refractivity (Wildman–Crippen MR) is 87.9 cm³/mol. The molecule has 0 unspecified atom stereocenters. The summed E-state index contributed by atoms with van der Waals surface area (Å²) in [6, 6.07) is 6.08. The number of benzene rings is 1. The van der Waals surface area contributed by atoms with Crippen molar-refractivity contribution in [1.82, 2.24) is 5.32 Å². The minimum atomic E-state index is -3.77. The molecule has 0 saturated heterocycles. The number of methoxy groups -OCH3 is 1. The van der Waals surface area contributed by atoms with E-state index >= 15 is 0 Å². The van der Waals surface area contributed by atoms with E-state index in [1.54, 1.807) is 32.9 Å². The van der Waals surface area contributed by atoms with Crippen LogP contribution in [0, 0.1) is 0 Å². The highest BCUT2D eigenvalue weighted by molar-refractivity contribution is 7.92. The number of carbonyl (C=O) groups excluding carboxylic acids is 2. The fourth-order valence-electron chi connectivity index (χ4n) is 1.94. The molecule has 7 nitrogen and oxygen atoms in total. The van der Waals surface area contributed by atoms with Crippen molar-refractivity contribution in [2.45, 2.75) is 26.3 Å². The van der Waals surface area contributed by atoms with E-state index in [0.29, 0.717) is 0 Å². The number of hydrogen-bond donors (Lipinski definition) is 1. The van der Waals surface area contributed by atoms with Gasteiger partial charge in [0.2, 0.25) is 15.9 Å². The third-order valence-electron chi connectivity index (χ3n) is 2.78. The highest BCUT2D eigenvalue weighted by Crippen LogP contribution is 2.23. The first kappa shape index (κ1) is 19.0. The highest BCUT2D eigenvalue weighted by Gasteiger charge is 2.26. The van der Waals surface area contributed by atoms with E-state index < -0.39 is 34.0 Å². The van der Waals surface area contributed by atoms with Gasteiger partial charge in [-0.15, -0.1) is 0 Å². The van der Waals surface area contributed by atoms with Crippen molar-refractivity contribution in [3.05, 3.63) is 29.8 Å². The number of anilines is 1. The Kier molecular flexibility index (Phi) is 5.76. The lowest BCUT2D eigenvalue weighted by molar-refractivity contribution is -0.121.